The molecular weight excluding hydrogens is 334 g/mol. The topological polar surface area (TPSA) is 95.5 Å². The molecule has 8 nitrogen and oxygen atoms in total. The third-order valence-corrected chi connectivity index (χ3v) is 4.13. The third kappa shape index (κ3) is 3.53. The Kier molecular flexibility index (Phi) is 4.92. The molecule has 134 valence electrons. The van der Waals surface area contributed by atoms with Crippen LogP contribution in [-0.2, 0) is 9.59 Å². The van der Waals surface area contributed by atoms with Gasteiger partial charge in [-0.2, -0.15) is 0 Å². The molecular formula is C18H19N5O3. The fourth-order valence-corrected chi connectivity index (χ4v) is 2.92. The highest BCUT2D eigenvalue weighted by molar-refractivity contribution is 6.06. The summed E-state index contributed by atoms with van der Waals surface area (Å²) in [5, 5.41) is 2.81. The fourth-order valence-electron chi connectivity index (χ4n) is 2.92. The zero-order valence-corrected chi connectivity index (χ0v) is 14.5. The lowest BCUT2D eigenvalue weighted by molar-refractivity contribution is -0.119. The second kappa shape index (κ2) is 7.30. The SMILES string of the molecule is C[C@H]1CC(=O)Nc2ccccc2N1C(=O)CN(C)C(=O)c1cnccn1. The molecule has 0 saturated carbocycles. The summed E-state index contributed by atoms with van der Waals surface area (Å²) >= 11 is 0. The molecule has 1 aliphatic heterocycles. The van der Waals surface area contributed by atoms with Gasteiger partial charge in [-0.25, -0.2) is 4.98 Å². The number of aromatic nitrogens is 2. The maximum atomic E-state index is 12.9. The Labute approximate surface area is 150 Å². The number of carbonyl (C=O) groups excluding carboxylic acids is 3. The first-order chi connectivity index (χ1) is 12.5. The number of fused-ring (bicyclic) bond motifs is 1. The molecule has 0 fully saturated rings. The molecule has 3 amide bonds. The number of nitrogens with one attached hydrogen (secondary N) is 1. The van der Waals surface area contributed by atoms with E-state index in [1.54, 1.807) is 29.2 Å². The summed E-state index contributed by atoms with van der Waals surface area (Å²) in [6.07, 6.45) is 4.44. The van der Waals surface area contributed by atoms with Gasteiger partial charge in [-0.1, -0.05) is 12.1 Å². The quantitative estimate of drug-likeness (QED) is 0.898. The molecule has 1 aromatic carbocycles. The molecule has 0 saturated heterocycles. The van der Waals surface area contributed by atoms with E-state index in [-0.39, 0.29) is 36.5 Å². The normalized spacial score (nSPS) is 16.3. The van der Waals surface area contributed by atoms with Crippen LogP contribution >= 0.6 is 0 Å². The van der Waals surface area contributed by atoms with Gasteiger partial charge in [-0.3, -0.25) is 19.4 Å². The van der Waals surface area contributed by atoms with Crippen LogP contribution in [0.4, 0.5) is 11.4 Å². The first-order valence-electron chi connectivity index (χ1n) is 8.20. The molecule has 3 rings (SSSR count). The van der Waals surface area contributed by atoms with Gasteiger partial charge in [0.1, 0.15) is 12.2 Å². The van der Waals surface area contributed by atoms with E-state index in [1.165, 1.54) is 30.5 Å². The highest BCUT2D eigenvalue weighted by Gasteiger charge is 2.30. The van der Waals surface area contributed by atoms with E-state index in [0.29, 0.717) is 11.4 Å². The van der Waals surface area contributed by atoms with Gasteiger partial charge in [0.05, 0.1) is 17.6 Å². The molecule has 1 atom stereocenters. The number of amides is 3. The molecule has 1 aliphatic rings. The van der Waals surface area contributed by atoms with Crippen molar-refractivity contribution in [3.63, 3.8) is 0 Å². The van der Waals surface area contributed by atoms with Crippen molar-refractivity contribution >= 4 is 29.1 Å². The maximum absolute atomic E-state index is 12.9. The summed E-state index contributed by atoms with van der Waals surface area (Å²) in [7, 11) is 1.53. The molecule has 1 N–H and O–H groups in total. The van der Waals surface area contributed by atoms with Crippen LogP contribution in [0.15, 0.2) is 42.9 Å². The average molecular weight is 353 g/mol. The van der Waals surface area contributed by atoms with Crippen molar-refractivity contribution in [3.8, 4) is 0 Å². The summed E-state index contributed by atoms with van der Waals surface area (Å²) in [6, 6.07) is 6.80. The van der Waals surface area contributed by atoms with E-state index in [1.807, 2.05) is 6.92 Å². The van der Waals surface area contributed by atoms with Crippen molar-refractivity contribution in [2.45, 2.75) is 19.4 Å². The first-order valence-corrected chi connectivity index (χ1v) is 8.20. The number of nitrogens with zero attached hydrogens (tertiary/aromatic N) is 4. The number of hydrogen-bond donors (Lipinski definition) is 1. The number of likely N-dealkylation sites (N-methyl/N-ethyl adjacent to an activating group) is 1. The van der Waals surface area contributed by atoms with Crippen molar-refractivity contribution in [2.75, 3.05) is 23.8 Å². The molecule has 0 aliphatic carbocycles. The van der Waals surface area contributed by atoms with Crippen LogP contribution in [0.2, 0.25) is 0 Å². The van der Waals surface area contributed by atoms with Gasteiger partial charge in [-0.15, -0.1) is 0 Å². The van der Waals surface area contributed by atoms with Crippen LogP contribution in [0.1, 0.15) is 23.8 Å². The summed E-state index contributed by atoms with van der Waals surface area (Å²) in [5.41, 5.74) is 1.37. The lowest BCUT2D eigenvalue weighted by atomic mass is 10.1. The van der Waals surface area contributed by atoms with Crippen LogP contribution in [0, 0.1) is 0 Å². The van der Waals surface area contributed by atoms with Gasteiger partial charge in [-0.05, 0) is 19.1 Å². The minimum atomic E-state index is -0.392. The molecule has 2 heterocycles. The second-order valence-corrected chi connectivity index (χ2v) is 6.13. The van der Waals surface area contributed by atoms with E-state index < -0.39 is 5.91 Å². The Hall–Kier alpha value is -3.29. The van der Waals surface area contributed by atoms with Crippen molar-refractivity contribution in [1.82, 2.24) is 14.9 Å². The van der Waals surface area contributed by atoms with Crippen LogP contribution in [0.5, 0.6) is 0 Å². The minimum absolute atomic E-state index is 0.137. The van der Waals surface area contributed by atoms with Crippen molar-refractivity contribution in [3.05, 3.63) is 48.5 Å². The van der Waals surface area contributed by atoms with E-state index in [9.17, 15) is 14.4 Å². The average Bonchev–Trinajstić information content (AvgIpc) is 2.75. The Morgan fingerprint density at radius 1 is 1.31 bits per heavy atom. The molecule has 0 radical (unpaired) electrons. The van der Waals surface area contributed by atoms with Crippen LogP contribution < -0.4 is 10.2 Å². The number of rotatable bonds is 3. The van der Waals surface area contributed by atoms with Crippen LogP contribution in [-0.4, -0.2) is 52.2 Å². The maximum Gasteiger partial charge on any atom is 0.274 e. The summed E-state index contributed by atoms with van der Waals surface area (Å²) < 4.78 is 0. The summed E-state index contributed by atoms with van der Waals surface area (Å²) in [6.45, 7) is 1.67. The predicted molar refractivity (Wildman–Crippen MR) is 95.6 cm³/mol. The first kappa shape index (κ1) is 17.5. The van der Waals surface area contributed by atoms with Crippen LogP contribution in [0.25, 0.3) is 0 Å². The molecule has 1 aromatic heterocycles. The highest BCUT2D eigenvalue weighted by Crippen LogP contribution is 2.31. The fraction of sp³-hybridized carbons (Fsp3) is 0.278. The van der Waals surface area contributed by atoms with Gasteiger partial charge in [0.15, 0.2) is 0 Å². The van der Waals surface area contributed by atoms with Crippen molar-refractivity contribution in [1.29, 1.82) is 0 Å². The predicted octanol–water partition coefficient (Wildman–Crippen LogP) is 1.31. The van der Waals surface area contributed by atoms with Crippen molar-refractivity contribution in [2.24, 2.45) is 0 Å². The second-order valence-electron chi connectivity index (χ2n) is 6.13. The molecule has 26 heavy (non-hydrogen) atoms. The molecule has 0 unspecified atom stereocenters. The van der Waals surface area contributed by atoms with Gasteiger partial charge < -0.3 is 15.1 Å². The molecule has 0 bridgehead atoms. The zero-order valence-electron chi connectivity index (χ0n) is 14.5. The largest absolute Gasteiger partial charge is 0.331 e. The highest BCUT2D eigenvalue weighted by atomic mass is 16.2. The summed E-state index contributed by atoms with van der Waals surface area (Å²) in [4.78, 5) is 48.0. The van der Waals surface area contributed by atoms with Crippen molar-refractivity contribution < 1.29 is 14.4 Å². The standard InChI is InChI=1S/C18H19N5O3/c1-12-9-16(24)21-13-5-3-4-6-15(13)23(12)17(25)11-22(2)18(26)14-10-19-7-8-20-14/h3-8,10,12H,9,11H2,1-2H3,(H,21,24)/t12-/m0/s1. The van der Waals surface area contributed by atoms with Gasteiger partial charge in [0, 0.05) is 31.9 Å². The van der Waals surface area contributed by atoms with Gasteiger partial charge in [0.2, 0.25) is 11.8 Å². The monoisotopic (exact) mass is 353 g/mol. The number of hydrogen-bond acceptors (Lipinski definition) is 5. The molecule has 0 spiro atoms. The Balaban J connectivity index is 1.82. The number of carbonyl (C=O) groups is 3. The lowest BCUT2D eigenvalue weighted by Crippen LogP contribution is -2.45. The molecule has 2 aromatic rings. The van der Waals surface area contributed by atoms with Gasteiger partial charge >= 0.3 is 0 Å². The Morgan fingerprint density at radius 3 is 2.81 bits per heavy atom. The molecule has 8 heteroatoms. The van der Waals surface area contributed by atoms with E-state index in [0.717, 1.165) is 0 Å². The smallest absolute Gasteiger partial charge is 0.274 e. The summed E-state index contributed by atoms with van der Waals surface area (Å²) in [5.74, 6) is -0.818. The zero-order chi connectivity index (χ0) is 18.7. The Morgan fingerprint density at radius 2 is 2.08 bits per heavy atom. The van der Waals surface area contributed by atoms with Gasteiger partial charge in [0.25, 0.3) is 5.91 Å². The van der Waals surface area contributed by atoms with Crippen LogP contribution in [0.3, 0.4) is 0 Å². The van der Waals surface area contributed by atoms with E-state index in [2.05, 4.69) is 15.3 Å². The number of anilines is 2. The third-order valence-electron chi connectivity index (χ3n) is 4.13. The lowest BCUT2D eigenvalue weighted by Gasteiger charge is -2.29. The number of benzene rings is 1. The number of para-hydroxylation sites is 2. The van der Waals surface area contributed by atoms with E-state index in [4.69, 9.17) is 0 Å². The Bertz CT molecular complexity index is 840. The van der Waals surface area contributed by atoms with E-state index >= 15 is 0 Å². The minimum Gasteiger partial charge on any atom is -0.331 e.